The van der Waals surface area contributed by atoms with Crippen LogP contribution >= 0.6 is 0 Å². The molecule has 1 aliphatic heterocycles. The van der Waals surface area contributed by atoms with E-state index in [0.29, 0.717) is 6.61 Å². The van der Waals surface area contributed by atoms with Crippen LogP contribution in [0.2, 0.25) is 0 Å². The van der Waals surface area contributed by atoms with E-state index in [0.717, 1.165) is 11.3 Å². The van der Waals surface area contributed by atoms with Crippen molar-refractivity contribution in [3.05, 3.63) is 29.8 Å². The van der Waals surface area contributed by atoms with E-state index < -0.39 is 18.2 Å². The Labute approximate surface area is 110 Å². The first-order valence-corrected chi connectivity index (χ1v) is 6.00. The standard InChI is InChI=1S/C13H15NO5/c1-2-18-10-5-3-9(4-6-10)11-7-14(8-12(15)16)13(17)19-11/h3-6,11H,2,7-8H2,1H3,(H,15,16). The molecule has 1 N–H and O–H groups in total. The number of amides is 1. The Morgan fingerprint density at radius 2 is 2.16 bits per heavy atom. The molecule has 0 bridgehead atoms. The Morgan fingerprint density at radius 3 is 2.74 bits per heavy atom. The van der Waals surface area contributed by atoms with E-state index in [-0.39, 0.29) is 13.1 Å². The Balaban J connectivity index is 2.03. The van der Waals surface area contributed by atoms with Crippen molar-refractivity contribution in [1.82, 2.24) is 4.90 Å². The fourth-order valence-electron chi connectivity index (χ4n) is 1.92. The maximum Gasteiger partial charge on any atom is 0.411 e. The van der Waals surface area contributed by atoms with Gasteiger partial charge in [-0.2, -0.15) is 0 Å². The second kappa shape index (κ2) is 5.60. The summed E-state index contributed by atoms with van der Waals surface area (Å²) in [5, 5.41) is 8.68. The zero-order valence-corrected chi connectivity index (χ0v) is 10.5. The topological polar surface area (TPSA) is 76.1 Å². The predicted molar refractivity (Wildman–Crippen MR) is 66.0 cm³/mol. The Bertz CT molecular complexity index is 470. The van der Waals surface area contributed by atoms with Crippen LogP contribution in [-0.4, -0.2) is 41.8 Å². The highest BCUT2D eigenvalue weighted by atomic mass is 16.6. The zero-order chi connectivity index (χ0) is 13.8. The van der Waals surface area contributed by atoms with Gasteiger partial charge < -0.3 is 14.6 Å². The van der Waals surface area contributed by atoms with E-state index in [2.05, 4.69) is 0 Å². The monoisotopic (exact) mass is 265 g/mol. The number of benzene rings is 1. The molecule has 6 nitrogen and oxygen atoms in total. The van der Waals surface area contributed by atoms with E-state index in [4.69, 9.17) is 14.6 Å². The first-order chi connectivity index (χ1) is 9.10. The highest BCUT2D eigenvalue weighted by Gasteiger charge is 2.33. The predicted octanol–water partition coefficient (Wildman–Crippen LogP) is 1.66. The highest BCUT2D eigenvalue weighted by molar-refractivity contribution is 5.78. The van der Waals surface area contributed by atoms with E-state index >= 15 is 0 Å². The molecular weight excluding hydrogens is 250 g/mol. The molecule has 1 saturated heterocycles. The second-order valence-electron chi connectivity index (χ2n) is 4.15. The fraction of sp³-hybridized carbons (Fsp3) is 0.385. The van der Waals surface area contributed by atoms with Gasteiger partial charge in [-0.25, -0.2) is 4.79 Å². The van der Waals surface area contributed by atoms with Crippen molar-refractivity contribution in [3.8, 4) is 5.75 Å². The smallest absolute Gasteiger partial charge is 0.411 e. The molecule has 1 aliphatic rings. The van der Waals surface area contributed by atoms with Crippen molar-refractivity contribution in [2.75, 3.05) is 19.7 Å². The van der Waals surface area contributed by atoms with Crippen LogP contribution in [0.5, 0.6) is 5.75 Å². The van der Waals surface area contributed by atoms with Crippen molar-refractivity contribution in [2.24, 2.45) is 0 Å². The molecule has 0 aliphatic carbocycles. The van der Waals surface area contributed by atoms with Crippen LogP contribution in [0.25, 0.3) is 0 Å². The minimum absolute atomic E-state index is 0.249. The lowest BCUT2D eigenvalue weighted by atomic mass is 10.1. The molecule has 0 spiro atoms. The molecule has 1 aromatic rings. The van der Waals surface area contributed by atoms with Gasteiger partial charge in [0.15, 0.2) is 0 Å². The second-order valence-corrected chi connectivity index (χ2v) is 4.15. The molecule has 1 atom stereocenters. The Kier molecular flexibility index (Phi) is 3.89. The first kappa shape index (κ1) is 13.2. The third-order valence-electron chi connectivity index (χ3n) is 2.78. The molecule has 2 rings (SSSR count). The Hall–Kier alpha value is -2.24. The lowest BCUT2D eigenvalue weighted by Gasteiger charge is -2.10. The highest BCUT2D eigenvalue weighted by Crippen LogP contribution is 2.27. The number of ether oxygens (including phenoxy) is 2. The molecule has 6 heteroatoms. The molecule has 19 heavy (non-hydrogen) atoms. The quantitative estimate of drug-likeness (QED) is 0.876. The van der Waals surface area contributed by atoms with Gasteiger partial charge in [0.1, 0.15) is 18.4 Å². The van der Waals surface area contributed by atoms with Crippen molar-refractivity contribution in [3.63, 3.8) is 0 Å². The van der Waals surface area contributed by atoms with Crippen LogP contribution in [0.4, 0.5) is 4.79 Å². The van der Waals surface area contributed by atoms with Gasteiger partial charge in [0, 0.05) is 0 Å². The molecule has 1 fully saturated rings. The SMILES string of the molecule is CCOc1ccc(C2CN(CC(=O)O)C(=O)O2)cc1. The summed E-state index contributed by atoms with van der Waals surface area (Å²) in [6, 6.07) is 7.22. The number of carbonyl (C=O) groups is 2. The molecule has 1 unspecified atom stereocenters. The van der Waals surface area contributed by atoms with Gasteiger partial charge in [-0.05, 0) is 24.6 Å². The molecular formula is C13H15NO5. The molecule has 0 aromatic heterocycles. The summed E-state index contributed by atoms with van der Waals surface area (Å²) in [7, 11) is 0. The van der Waals surface area contributed by atoms with E-state index in [9.17, 15) is 9.59 Å². The summed E-state index contributed by atoms with van der Waals surface area (Å²) in [5.41, 5.74) is 0.824. The molecule has 1 aromatic carbocycles. The van der Waals surface area contributed by atoms with Crippen LogP contribution in [-0.2, 0) is 9.53 Å². The molecule has 1 amide bonds. The summed E-state index contributed by atoms with van der Waals surface area (Å²) in [5.74, 6) is -0.303. The minimum Gasteiger partial charge on any atom is -0.494 e. The summed E-state index contributed by atoms with van der Waals surface area (Å²) in [6.07, 6.45) is -1.02. The number of rotatable bonds is 5. The van der Waals surface area contributed by atoms with E-state index in [1.54, 1.807) is 12.1 Å². The van der Waals surface area contributed by atoms with Gasteiger partial charge in [-0.15, -0.1) is 0 Å². The minimum atomic E-state index is -1.05. The first-order valence-electron chi connectivity index (χ1n) is 6.00. The van der Waals surface area contributed by atoms with Gasteiger partial charge in [0.2, 0.25) is 0 Å². The third-order valence-corrected chi connectivity index (χ3v) is 2.78. The zero-order valence-electron chi connectivity index (χ0n) is 10.5. The normalized spacial score (nSPS) is 18.3. The number of carboxylic acids is 1. The summed E-state index contributed by atoms with van der Waals surface area (Å²) < 4.78 is 10.5. The number of aliphatic carboxylic acids is 1. The summed E-state index contributed by atoms with van der Waals surface area (Å²) in [6.45, 7) is 2.39. The summed E-state index contributed by atoms with van der Waals surface area (Å²) >= 11 is 0. The van der Waals surface area contributed by atoms with Crippen LogP contribution in [0.3, 0.4) is 0 Å². The lowest BCUT2D eigenvalue weighted by Crippen LogP contribution is -2.30. The number of carboxylic acid groups (broad SMARTS) is 1. The van der Waals surface area contributed by atoms with Crippen molar-refractivity contribution >= 4 is 12.1 Å². The van der Waals surface area contributed by atoms with Crippen LogP contribution in [0, 0.1) is 0 Å². The van der Waals surface area contributed by atoms with Crippen molar-refractivity contribution in [1.29, 1.82) is 0 Å². The average Bonchev–Trinajstić information content (AvgIpc) is 2.71. The maximum atomic E-state index is 11.5. The molecule has 0 radical (unpaired) electrons. The van der Waals surface area contributed by atoms with Crippen LogP contribution in [0.15, 0.2) is 24.3 Å². The third kappa shape index (κ3) is 3.15. The largest absolute Gasteiger partial charge is 0.494 e. The number of carbonyl (C=O) groups excluding carboxylic acids is 1. The number of cyclic esters (lactones) is 1. The fourth-order valence-corrected chi connectivity index (χ4v) is 1.92. The Morgan fingerprint density at radius 1 is 1.47 bits per heavy atom. The molecule has 0 saturated carbocycles. The molecule has 1 heterocycles. The number of hydrogen-bond acceptors (Lipinski definition) is 4. The molecule has 102 valence electrons. The van der Waals surface area contributed by atoms with Crippen molar-refractivity contribution in [2.45, 2.75) is 13.0 Å². The van der Waals surface area contributed by atoms with Gasteiger partial charge in [-0.3, -0.25) is 9.69 Å². The van der Waals surface area contributed by atoms with Gasteiger partial charge in [-0.1, -0.05) is 12.1 Å². The van der Waals surface area contributed by atoms with Crippen LogP contribution < -0.4 is 4.74 Å². The van der Waals surface area contributed by atoms with E-state index in [1.807, 2.05) is 19.1 Å². The maximum absolute atomic E-state index is 11.5. The summed E-state index contributed by atoms with van der Waals surface area (Å²) in [4.78, 5) is 23.2. The lowest BCUT2D eigenvalue weighted by molar-refractivity contribution is -0.137. The van der Waals surface area contributed by atoms with Gasteiger partial charge >= 0.3 is 12.1 Å². The number of hydrogen-bond donors (Lipinski definition) is 1. The van der Waals surface area contributed by atoms with E-state index in [1.165, 1.54) is 4.90 Å². The van der Waals surface area contributed by atoms with Gasteiger partial charge in [0.05, 0.1) is 13.2 Å². The van der Waals surface area contributed by atoms with Crippen LogP contribution in [0.1, 0.15) is 18.6 Å². The van der Waals surface area contributed by atoms with Gasteiger partial charge in [0.25, 0.3) is 0 Å². The van der Waals surface area contributed by atoms with Crippen molar-refractivity contribution < 1.29 is 24.2 Å². The number of nitrogens with zero attached hydrogens (tertiary/aromatic N) is 1. The average molecular weight is 265 g/mol.